The van der Waals surface area contributed by atoms with Gasteiger partial charge in [-0.2, -0.15) is 0 Å². The van der Waals surface area contributed by atoms with Crippen molar-refractivity contribution >= 4 is 23.0 Å². The molecular weight excluding hydrogens is 312 g/mol. The van der Waals surface area contributed by atoms with E-state index in [9.17, 15) is 0 Å². The fraction of sp³-hybridized carbons (Fsp3) is 0.235. The Balaban J connectivity index is 1.58. The van der Waals surface area contributed by atoms with Gasteiger partial charge in [-0.15, -0.1) is 0 Å². The summed E-state index contributed by atoms with van der Waals surface area (Å²) in [5, 5.41) is 6.87. The third-order valence-electron chi connectivity index (χ3n) is 3.33. The maximum Gasteiger partial charge on any atom is 0.231 e. The highest BCUT2D eigenvalue weighted by atomic mass is 32.1. The minimum Gasteiger partial charge on any atom is -0.492 e. The van der Waals surface area contributed by atoms with Gasteiger partial charge in [0, 0.05) is 6.54 Å². The van der Waals surface area contributed by atoms with E-state index in [-0.39, 0.29) is 6.79 Å². The number of rotatable bonds is 5. The smallest absolute Gasteiger partial charge is 0.231 e. The summed E-state index contributed by atoms with van der Waals surface area (Å²) in [5.41, 5.74) is 1.91. The van der Waals surface area contributed by atoms with E-state index in [0.29, 0.717) is 18.3 Å². The van der Waals surface area contributed by atoms with Crippen LogP contribution in [0.15, 0.2) is 42.5 Å². The molecule has 6 heteroatoms. The third kappa shape index (κ3) is 3.84. The van der Waals surface area contributed by atoms with Gasteiger partial charge in [-0.1, -0.05) is 18.2 Å². The number of anilines is 1. The predicted molar refractivity (Wildman–Crippen MR) is 93.2 cm³/mol. The van der Waals surface area contributed by atoms with Crippen LogP contribution >= 0.6 is 12.2 Å². The van der Waals surface area contributed by atoms with Gasteiger partial charge in [-0.25, -0.2) is 0 Å². The number of thiocarbonyl (C=S) groups is 1. The number of ether oxygens (including phenoxy) is 3. The molecule has 0 bridgehead atoms. The molecule has 2 N–H and O–H groups in total. The van der Waals surface area contributed by atoms with Crippen molar-refractivity contribution in [3.63, 3.8) is 0 Å². The quantitative estimate of drug-likeness (QED) is 0.821. The van der Waals surface area contributed by atoms with Crippen LogP contribution in [0.5, 0.6) is 17.2 Å². The van der Waals surface area contributed by atoms with Gasteiger partial charge in [0.05, 0.1) is 12.3 Å². The molecule has 0 saturated carbocycles. The molecule has 0 saturated heterocycles. The van der Waals surface area contributed by atoms with Crippen LogP contribution < -0.4 is 24.8 Å². The zero-order valence-corrected chi connectivity index (χ0v) is 13.6. The molecule has 0 aliphatic carbocycles. The summed E-state index contributed by atoms with van der Waals surface area (Å²) < 4.78 is 16.2. The van der Waals surface area contributed by atoms with Crippen LogP contribution in [-0.4, -0.2) is 18.5 Å². The molecule has 0 radical (unpaired) electrons. The molecule has 2 aromatic carbocycles. The Bertz CT molecular complexity index is 706. The molecule has 0 aromatic heterocycles. The first kappa shape index (κ1) is 15.4. The van der Waals surface area contributed by atoms with Gasteiger partial charge < -0.3 is 24.8 Å². The Hall–Kier alpha value is -2.47. The van der Waals surface area contributed by atoms with Crippen molar-refractivity contribution < 1.29 is 14.2 Å². The van der Waals surface area contributed by atoms with E-state index in [2.05, 4.69) is 10.6 Å². The minimum absolute atomic E-state index is 0.278. The second kappa shape index (κ2) is 7.19. The van der Waals surface area contributed by atoms with Crippen molar-refractivity contribution in [2.24, 2.45) is 0 Å². The number of fused-ring (bicyclic) bond motifs is 1. The van der Waals surface area contributed by atoms with Crippen LogP contribution in [0.1, 0.15) is 12.5 Å². The van der Waals surface area contributed by atoms with E-state index in [1.165, 1.54) is 0 Å². The van der Waals surface area contributed by atoms with Gasteiger partial charge in [0.2, 0.25) is 6.79 Å². The number of hydrogen-bond acceptors (Lipinski definition) is 4. The SMILES string of the molecule is CCOc1ccccc1NC(=S)NCc1ccc2c(c1)OCO2. The maximum absolute atomic E-state index is 5.57. The van der Waals surface area contributed by atoms with Crippen molar-refractivity contribution in [2.75, 3.05) is 18.7 Å². The lowest BCUT2D eigenvalue weighted by molar-refractivity contribution is 0.174. The van der Waals surface area contributed by atoms with E-state index in [1.54, 1.807) is 0 Å². The largest absolute Gasteiger partial charge is 0.492 e. The second-order valence-electron chi connectivity index (χ2n) is 4.92. The van der Waals surface area contributed by atoms with Gasteiger partial charge in [-0.3, -0.25) is 0 Å². The van der Waals surface area contributed by atoms with Crippen molar-refractivity contribution in [1.82, 2.24) is 5.32 Å². The summed E-state index contributed by atoms with van der Waals surface area (Å²) in [7, 11) is 0. The van der Waals surface area contributed by atoms with Gasteiger partial charge in [0.25, 0.3) is 0 Å². The number of para-hydroxylation sites is 2. The average molecular weight is 330 g/mol. The van der Waals surface area contributed by atoms with Crippen molar-refractivity contribution in [2.45, 2.75) is 13.5 Å². The van der Waals surface area contributed by atoms with E-state index >= 15 is 0 Å². The number of hydrogen-bond donors (Lipinski definition) is 2. The Kier molecular flexibility index (Phi) is 4.83. The highest BCUT2D eigenvalue weighted by molar-refractivity contribution is 7.80. The summed E-state index contributed by atoms with van der Waals surface area (Å²) in [6.07, 6.45) is 0. The molecule has 0 fully saturated rings. The number of nitrogens with one attached hydrogen (secondary N) is 2. The monoisotopic (exact) mass is 330 g/mol. The first-order chi connectivity index (χ1) is 11.3. The normalized spacial score (nSPS) is 11.9. The van der Waals surface area contributed by atoms with Gasteiger partial charge in [-0.05, 0) is 49.0 Å². The van der Waals surface area contributed by atoms with Crippen LogP contribution in [0.3, 0.4) is 0 Å². The molecule has 0 atom stereocenters. The van der Waals surface area contributed by atoms with E-state index in [1.807, 2.05) is 49.4 Å². The average Bonchev–Trinajstić information content (AvgIpc) is 3.03. The summed E-state index contributed by atoms with van der Waals surface area (Å²) >= 11 is 5.34. The predicted octanol–water partition coefficient (Wildman–Crippen LogP) is 3.30. The molecule has 0 unspecified atom stereocenters. The topological polar surface area (TPSA) is 51.8 Å². The van der Waals surface area contributed by atoms with E-state index < -0.39 is 0 Å². The van der Waals surface area contributed by atoms with Crippen LogP contribution in [-0.2, 0) is 6.54 Å². The number of benzene rings is 2. The third-order valence-corrected chi connectivity index (χ3v) is 3.57. The molecular formula is C17H18N2O3S. The van der Waals surface area contributed by atoms with E-state index in [4.69, 9.17) is 26.4 Å². The molecule has 1 heterocycles. The Labute approximate surface area is 140 Å². The zero-order valence-electron chi connectivity index (χ0n) is 12.8. The fourth-order valence-electron chi connectivity index (χ4n) is 2.25. The van der Waals surface area contributed by atoms with Crippen LogP contribution in [0, 0.1) is 0 Å². The lowest BCUT2D eigenvalue weighted by Crippen LogP contribution is -2.28. The maximum atomic E-state index is 5.57. The zero-order chi connectivity index (χ0) is 16.1. The van der Waals surface area contributed by atoms with Crippen LogP contribution in [0.25, 0.3) is 0 Å². The van der Waals surface area contributed by atoms with Crippen LogP contribution in [0.4, 0.5) is 5.69 Å². The Morgan fingerprint density at radius 1 is 1.17 bits per heavy atom. The molecule has 0 spiro atoms. The first-order valence-electron chi connectivity index (χ1n) is 7.41. The Morgan fingerprint density at radius 2 is 2.00 bits per heavy atom. The molecule has 5 nitrogen and oxygen atoms in total. The van der Waals surface area contributed by atoms with Crippen molar-refractivity contribution in [3.05, 3.63) is 48.0 Å². The molecule has 1 aliphatic rings. The van der Waals surface area contributed by atoms with Crippen LogP contribution in [0.2, 0.25) is 0 Å². The van der Waals surface area contributed by atoms with Gasteiger partial charge in [0.1, 0.15) is 5.75 Å². The minimum atomic E-state index is 0.278. The Morgan fingerprint density at radius 3 is 2.87 bits per heavy atom. The van der Waals surface area contributed by atoms with Gasteiger partial charge in [0.15, 0.2) is 16.6 Å². The lowest BCUT2D eigenvalue weighted by atomic mass is 10.2. The standard InChI is InChI=1S/C17H18N2O3S/c1-2-20-14-6-4-3-5-13(14)19-17(23)18-10-12-7-8-15-16(9-12)22-11-21-15/h3-9H,2,10-11H2,1H3,(H2,18,19,23). The second-order valence-corrected chi connectivity index (χ2v) is 5.33. The van der Waals surface area contributed by atoms with Crippen molar-refractivity contribution in [1.29, 1.82) is 0 Å². The molecule has 1 aliphatic heterocycles. The summed E-state index contributed by atoms with van der Waals surface area (Å²) in [6.45, 7) is 3.43. The van der Waals surface area contributed by atoms with Crippen molar-refractivity contribution in [3.8, 4) is 17.2 Å². The highest BCUT2D eigenvalue weighted by Gasteiger charge is 2.13. The molecule has 0 amide bonds. The molecule has 3 rings (SSSR count). The molecule has 23 heavy (non-hydrogen) atoms. The first-order valence-corrected chi connectivity index (χ1v) is 7.82. The molecule has 120 valence electrons. The highest BCUT2D eigenvalue weighted by Crippen LogP contribution is 2.32. The summed E-state index contributed by atoms with van der Waals surface area (Å²) in [6, 6.07) is 13.5. The fourth-order valence-corrected chi connectivity index (χ4v) is 2.43. The molecule has 2 aromatic rings. The summed E-state index contributed by atoms with van der Waals surface area (Å²) in [5.74, 6) is 2.33. The lowest BCUT2D eigenvalue weighted by Gasteiger charge is -2.14. The summed E-state index contributed by atoms with van der Waals surface area (Å²) in [4.78, 5) is 0. The van der Waals surface area contributed by atoms with Gasteiger partial charge >= 0.3 is 0 Å². The van der Waals surface area contributed by atoms with E-state index in [0.717, 1.165) is 28.5 Å².